The molecule has 1 aromatic rings. The molecule has 0 atom stereocenters. The van der Waals surface area contributed by atoms with Crippen LogP contribution < -0.4 is 5.32 Å². The number of nitrogens with one attached hydrogen (secondary N) is 1. The number of ether oxygens (including phenoxy) is 1. The summed E-state index contributed by atoms with van der Waals surface area (Å²) in [6, 6.07) is 4.13. The van der Waals surface area contributed by atoms with Crippen molar-refractivity contribution in [3.63, 3.8) is 0 Å². The molecule has 0 saturated carbocycles. The lowest BCUT2D eigenvalue weighted by Gasteiger charge is -2.04. The number of unbranched alkanes of at least 4 members (excludes halogenated alkanes) is 2. The van der Waals surface area contributed by atoms with Crippen molar-refractivity contribution in [1.29, 1.82) is 0 Å². The van der Waals surface area contributed by atoms with E-state index in [9.17, 15) is 0 Å². The highest BCUT2D eigenvalue weighted by atomic mass is 16.5. The standard InChI is InChI=1S/C13H22N2O/c1-3-4-5-8-16-11-13-7-6-12(9-14-2)10-15-13/h6-7,10,14H,3-5,8-9,11H2,1-2H3. The maximum Gasteiger partial charge on any atom is 0.0887 e. The average Bonchev–Trinajstić information content (AvgIpc) is 2.31. The van der Waals surface area contributed by atoms with Crippen molar-refractivity contribution < 1.29 is 4.74 Å². The lowest BCUT2D eigenvalue weighted by molar-refractivity contribution is 0.114. The van der Waals surface area contributed by atoms with E-state index in [1.807, 2.05) is 19.3 Å². The van der Waals surface area contributed by atoms with E-state index >= 15 is 0 Å². The lowest BCUT2D eigenvalue weighted by atomic mass is 10.2. The first-order valence-corrected chi connectivity index (χ1v) is 6.03. The Balaban J connectivity index is 2.21. The van der Waals surface area contributed by atoms with Crippen LogP contribution in [-0.2, 0) is 17.9 Å². The third-order valence-corrected chi connectivity index (χ3v) is 2.41. The van der Waals surface area contributed by atoms with Gasteiger partial charge in [0.1, 0.15) is 0 Å². The molecule has 0 aromatic carbocycles. The Morgan fingerprint density at radius 2 is 2.19 bits per heavy atom. The molecule has 0 fully saturated rings. The summed E-state index contributed by atoms with van der Waals surface area (Å²) in [5, 5.41) is 3.10. The van der Waals surface area contributed by atoms with E-state index in [0.29, 0.717) is 6.61 Å². The first-order valence-electron chi connectivity index (χ1n) is 6.03. The van der Waals surface area contributed by atoms with Gasteiger partial charge in [-0.1, -0.05) is 25.8 Å². The second-order valence-electron chi connectivity index (χ2n) is 3.95. The first-order chi connectivity index (χ1) is 7.86. The van der Waals surface area contributed by atoms with Crippen molar-refractivity contribution in [1.82, 2.24) is 10.3 Å². The summed E-state index contributed by atoms with van der Waals surface area (Å²) >= 11 is 0. The highest BCUT2D eigenvalue weighted by molar-refractivity contribution is 5.13. The van der Waals surface area contributed by atoms with E-state index < -0.39 is 0 Å². The van der Waals surface area contributed by atoms with E-state index in [-0.39, 0.29) is 0 Å². The topological polar surface area (TPSA) is 34.1 Å². The molecule has 1 heterocycles. The Morgan fingerprint density at radius 3 is 2.81 bits per heavy atom. The molecule has 0 radical (unpaired) electrons. The molecule has 0 amide bonds. The Bertz CT molecular complexity index is 272. The molecule has 0 bridgehead atoms. The zero-order valence-corrected chi connectivity index (χ0v) is 10.3. The maximum absolute atomic E-state index is 5.54. The van der Waals surface area contributed by atoms with Crippen LogP contribution in [0.25, 0.3) is 0 Å². The fourth-order valence-electron chi connectivity index (χ4n) is 1.48. The van der Waals surface area contributed by atoms with Crippen LogP contribution in [0.1, 0.15) is 37.4 Å². The summed E-state index contributed by atoms with van der Waals surface area (Å²) < 4.78 is 5.54. The van der Waals surface area contributed by atoms with Gasteiger partial charge in [0.05, 0.1) is 12.3 Å². The van der Waals surface area contributed by atoms with Gasteiger partial charge in [0.25, 0.3) is 0 Å². The highest BCUT2D eigenvalue weighted by Crippen LogP contribution is 2.02. The second-order valence-corrected chi connectivity index (χ2v) is 3.95. The molecule has 0 aliphatic rings. The van der Waals surface area contributed by atoms with Crippen LogP contribution in [0.15, 0.2) is 18.3 Å². The Kier molecular flexibility index (Phi) is 6.77. The van der Waals surface area contributed by atoms with Crippen molar-refractivity contribution in [2.45, 2.75) is 39.3 Å². The highest BCUT2D eigenvalue weighted by Gasteiger charge is 1.96. The Hall–Kier alpha value is -0.930. The average molecular weight is 222 g/mol. The van der Waals surface area contributed by atoms with Crippen LogP contribution in [0, 0.1) is 0 Å². The molecule has 0 unspecified atom stereocenters. The monoisotopic (exact) mass is 222 g/mol. The van der Waals surface area contributed by atoms with Crippen LogP contribution in [0.2, 0.25) is 0 Å². The minimum absolute atomic E-state index is 0.629. The summed E-state index contributed by atoms with van der Waals surface area (Å²) in [4.78, 5) is 4.35. The number of nitrogens with zero attached hydrogens (tertiary/aromatic N) is 1. The minimum Gasteiger partial charge on any atom is -0.375 e. The normalized spacial score (nSPS) is 10.6. The number of hydrogen-bond donors (Lipinski definition) is 1. The number of rotatable bonds is 8. The molecule has 16 heavy (non-hydrogen) atoms. The van der Waals surface area contributed by atoms with Gasteiger partial charge >= 0.3 is 0 Å². The number of pyridine rings is 1. The number of hydrogen-bond acceptors (Lipinski definition) is 3. The third-order valence-electron chi connectivity index (χ3n) is 2.41. The molecule has 1 aromatic heterocycles. The van der Waals surface area contributed by atoms with E-state index in [2.05, 4.69) is 23.3 Å². The zero-order valence-electron chi connectivity index (χ0n) is 10.3. The molecular formula is C13H22N2O. The summed E-state index contributed by atoms with van der Waals surface area (Å²) in [5.41, 5.74) is 2.22. The van der Waals surface area contributed by atoms with Gasteiger partial charge in [-0.25, -0.2) is 0 Å². The van der Waals surface area contributed by atoms with E-state index in [0.717, 1.165) is 25.3 Å². The van der Waals surface area contributed by atoms with Crippen LogP contribution in [-0.4, -0.2) is 18.6 Å². The third kappa shape index (κ3) is 5.24. The minimum atomic E-state index is 0.629. The van der Waals surface area contributed by atoms with Crippen LogP contribution in [0.4, 0.5) is 0 Å². The molecule has 3 heteroatoms. The van der Waals surface area contributed by atoms with Gasteiger partial charge in [-0.15, -0.1) is 0 Å². The van der Waals surface area contributed by atoms with Crippen molar-refractivity contribution in [2.75, 3.05) is 13.7 Å². The Morgan fingerprint density at radius 1 is 1.31 bits per heavy atom. The first kappa shape index (κ1) is 13.1. The molecule has 1 rings (SSSR count). The summed E-state index contributed by atoms with van der Waals surface area (Å²) in [6.07, 6.45) is 5.53. The van der Waals surface area contributed by atoms with Crippen molar-refractivity contribution in [2.24, 2.45) is 0 Å². The van der Waals surface area contributed by atoms with E-state index in [1.54, 1.807) is 0 Å². The molecule has 0 aliphatic heterocycles. The SMILES string of the molecule is CCCCCOCc1ccc(CNC)cn1. The Labute approximate surface area is 98.2 Å². The smallest absolute Gasteiger partial charge is 0.0887 e. The molecular weight excluding hydrogens is 200 g/mol. The molecule has 0 aliphatic carbocycles. The summed E-state index contributed by atoms with van der Waals surface area (Å²) in [5.74, 6) is 0. The van der Waals surface area contributed by atoms with E-state index in [4.69, 9.17) is 4.74 Å². The van der Waals surface area contributed by atoms with Crippen molar-refractivity contribution in [3.8, 4) is 0 Å². The predicted octanol–water partition coefficient (Wildman–Crippen LogP) is 2.51. The molecule has 0 spiro atoms. The van der Waals surface area contributed by atoms with Gasteiger partial charge in [0.15, 0.2) is 0 Å². The lowest BCUT2D eigenvalue weighted by Crippen LogP contribution is -2.06. The van der Waals surface area contributed by atoms with Gasteiger partial charge in [0, 0.05) is 19.3 Å². The molecule has 0 saturated heterocycles. The zero-order chi connectivity index (χ0) is 11.6. The predicted molar refractivity (Wildman–Crippen MR) is 66.2 cm³/mol. The van der Waals surface area contributed by atoms with Crippen molar-refractivity contribution >= 4 is 0 Å². The summed E-state index contributed by atoms with van der Waals surface area (Å²) in [6.45, 7) is 4.53. The van der Waals surface area contributed by atoms with Crippen LogP contribution in [0.3, 0.4) is 0 Å². The number of aromatic nitrogens is 1. The second kappa shape index (κ2) is 8.25. The largest absolute Gasteiger partial charge is 0.375 e. The van der Waals surface area contributed by atoms with Crippen LogP contribution in [0.5, 0.6) is 0 Å². The van der Waals surface area contributed by atoms with Crippen LogP contribution >= 0.6 is 0 Å². The molecule has 1 N–H and O–H groups in total. The fourth-order valence-corrected chi connectivity index (χ4v) is 1.48. The van der Waals surface area contributed by atoms with E-state index in [1.165, 1.54) is 18.4 Å². The van der Waals surface area contributed by atoms with Gasteiger partial charge in [-0.05, 0) is 25.1 Å². The maximum atomic E-state index is 5.54. The van der Waals surface area contributed by atoms with Gasteiger partial charge < -0.3 is 10.1 Å². The quantitative estimate of drug-likeness (QED) is 0.686. The van der Waals surface area contributed by atoms with Gasteiger partial charge in [-0.2, -0.15) is 0 Å². The fraction of sp³-hybridized carbons (Fsp3) is 0.615. The molecule has 90 valence electrons. The summed E-state index contributed by atoms with van der Waals surface area (Å²) in [7, 11) is 1.94. The molecule has 3 nitrogen and oxygen atoms in total. The van der Waals surface area contributed by atoms with Gasteiger partial charge in [0.2, 0.25) is 0 Å². The van der Waals surface area contributed by atoms with Gasteiger partial charge in [-0.3, -0.25) is 4.98 Å². The van der Waals surface area contributed by atoms with Crippen molar-refractivity contribution in [3.05, 3.63) is 29.6 Å².